The van der Waals surface area contributed by atoms with Gasteiger partial charge in [0.2, 0.25) is 11.8 Å². The number of hydrogen-bond donors (Lipinski definition) is 2. The first-order valence-electron chi connectivity index (χ1n) is 8.73. The number of fused-ring (bicyclic) bond motifs is 1. The quantitative estimate of drug-likeness (QED) is 0.713. The van der Waals surface area contributed by atoms with E-state index in [9.17, 15) is 14.4 Å². The highest BCUT2D eigenvalue weighted by Gasteiger charge is 2.47. The highest BCUT2D eigenvalue weighted by molar-refractivity contribution is 9.10. The SMILES string of the molecule is O=C(CNC(=O)C1c2ccccc2C(=O)N1C1CC1)NCc1cc(Br)cs1. The molecule has 1 unspecified atom stereocenters. The molecule has 2 aliphatic rings. The van der Waals surface area contributed by atoms with Gasteiger partial charge in [-0.1, -0.05) is 18.2 Å². The Labute approximate surface area is 169 Å². The van der Waals surface area contributed by atoms with Crippen LogP contribution in [0.15, 0.2) is 40.2 Å². The third-order valence-electron chi connectivity index (χ3n) is 4.69. The number of carbonyl (C=O) groups excluding carboxylic acids is 3. The molecule has 27 heavy (non-hydrogen) atoms. The van der Waals surface area contributed by atoms with E-state index in [2.05, 4.69) is 26.6 Å². The summed E-state index contributed by atoms with van der Waals surface area (Å²) in [5, 5.41) is 7.43. The molecule has 1 aromatic carbocycles. The molecule has 2 aromatic rings. The van der Waals surface area contributed by atoms with Crippen molar-refractivity contribution in [2.45, 2.75) is 31.5 Å². The molecule has 140 valence electrons. The molecule has 2 N–H and O–H groups in total. The summed E-state index contributed by atoms with van der Waals surface area (Å²) in [6.07, 6.45) is 1.83. The molecular weight excluding hydrogens is 430 g/mol. The van der Waals surface area contributed by atoms with Gasteiger partial charge in [0.15, 0.2) is 0 Å². The number of hydrogen-bond acceptors (Lipinski definition) is 4. The minimum atomic E-state index is -0.651. The Balaban J connectivity index is 1.38. The lowest BCUT2D eigenvalue weighted by atomic mass is 10.0. The maximum Gasteiger partial charge on any atom is 0.255 e. The molecule has 1 atom stereocenters. The molecule has 1 aliphatic carbocycles. The van der Waals surface area contributed by atoms with E-state index >= 15 is 0 Å². The van der Waals surface area contributed by atoms with Gasteiger partial charge in [-0.2, -0.15) is 0 Å². The maximum absolute atomic E-state index is 12.8. The third-order valence-corrected chi connectivity index (χ3v) is 6.39. The summed E-state index contributed by atoms with van der Waals surface area (Å²) in [7, 11) is 0. The van der Waals surface area contributed by atoms with Crippen LogP contribution in [-0.2, 0) is 16.1 Å². The van der Waals surface area contributed by atoms with Crippen LogP contribution >= 0.6 is 27.3 Å². The number of carbonyl (C=O) groups is 3. The molecule has 0 spiro atoms. The third kappa shape index (κ3) is 3.77. The average Bonchev–Trinajstić information content (AvgIpc) is 3.35. The molecule has 1 saturated carbocycles. The molecular formula is C19H18BrN3O3S. The predicted octanol–water partition coefficient (Wildman–Crippen LogP) is 2.60. The molecule has 1 aliphatic heterocycles. The number of rotatable bonds is 6. The summed E-state index contributed by atoms with van der Waals surface area (Å²) in [5.41, 5.74) is 1.30. The Morgan fingerprint density at radius 2 is 2.00 bits per heavy atom. The highest BCUT2D eigenvalue weighted by Crippen LogP contribution is 2.41. The molecule has 1 fully saturated rings. The zero-order valence-corrected chi connectivity index (χ0v) is 16.8. The largest absolute Gasteiger partial charge is 0.350 e. The molecule has 1 aromatic heterocycles. The van der Waals surface area contributed by atoms with E-state index in [1.54, 1.807) is 28.4 Å². The first kappa shape index (κ1) is 18.2. The standard InChI is InChI=1S/C19H18BrN3O3S/c20-11-7-13(27-10-11)8-21-16(24)9-22-18(25)17-14-3-1-2-4-15(14)19(26)23(17)12-5-6-12/h1-4,7,10,12,17H,5-6,8-9H2,(H,21,24)(H,22,25). The van der Waals surface area contributed by atoms with Crippen LogP contribution in [0.1, 0.15) is 39.7 Å². The Hall–Kier alpha value is -2.19. The highest BCUT2D eigenvalue weighted by atomic mass is 79.9. The van der Waals surface area contributed by atoms with E-state index in [1.807, 2.05) is 23.6 Å². The van der Waals surface area contributed by atoms with Gasteiger partial charge in [-0.3, -0.25) is 14.4 Å². The van der Waals surface area contributed by atoms with Crippen LogP contribution in [-0.4, -0.2) is 35.2 Å². The van der Waals surface area contributed by atoms with Crippen molar-refractivity contribution < 1.29 is 14.4 Å². The summed E-state index contributed by atoms with van der Waals surface area (Å²) in [6, 6.07) is 8.61. The fourth-order valence-corrected chi connectivity index (χ4v) is 4.68. The number of nitrogens with zero attached hydrogens (tertiary/aromatic N) is 1. The van der Waals surface area contributed by atoms with Crippen molar-refractivity contribution in [2.24, 2.45) is 0 Å². The first-order valence-corrected chi connectivity index (χ1v) is 10.4. The number of halogens is 1. The second-order valence-electron chi connectivity index (χ2n) is 6.66. The fourth-order valence-electron chi connectivity index (χ4n) is 3.29. The summed E-state index contributed by atoms with van der Waals surface area (Å²) >= 11 is 4.92. The molecule has 0 saturated heterocycles. The van der Waals surface area contributed by atoms with Crippen LogP contribution in [0.3, 0.4) is 0 Å². The van der Waals surface area contributed by atoms with Crippen LogP contribution in [0, 0.1) is 0 Å². The lowest BCUT2D eigenvalue weighted by molar-refractivity contribution is -0.129. The van der Waals surface area contributed by atoms with Crippen molar-refractivity contribution in [1.82, 2.24) is 15.5 Å². The van der Waals surface area contributed by atoms with Crippen LogP contribution in [0.5, 0.6) is 0 Å². The van der Waals surface area contributed by atoms with Gasteiger partial charge in [0.25, 0.3) is 5.91 Å². The molecule has 4 rings (SSSR count). The van der Waals surface area contributed by atoms with E-state index in [-0.39, 0.29) is 30.3 Å². The van der Waals surface area contributed by atoms with Gasteiger partial charge in [-0.15, -0.1) is 11.3 Å². The Morgan fingerprint density at radius 1 is 1.22 bits per heavy atom. The fraction of sp³-hybridized carbons (Fsp3) is 0.316. The molecule has 2 heterocycles. The number of amides is 3. The van der Waals surface area contributed by atoms with Gasteiger partial charge in [-0.05, 0) is 46.5 Å². The minimum Gasteiger partial charge on any atom is -0.350 e. The topological polar surface area (TPSA) is 78.5 Å². The molecule has 0 bridgehead atoms. The van der Waals surface area contributed by atoms with Crippen LogP contribution in [0.2, 0.25) is 0 Å². The van der Waals surface area contributed by atoms with Gasteiger partial charge in [0, 0.05) is 26.3 Å². The number of benzene rings is 1. The first-order chi connectivity index (χ1) is 13.0. The van der Waals surface area contributed by atoms with Crippen LogP contribution in [0.4, 0.5) is 0 Å². The summed E-state index contributed by atoms with van der Waals surface area (Å²) < 4.78 is 0.981. The van der Waals surface area contributed by atoms with Crippen molar-refractivity contribution in [3.8, 4) is 0 Å². The minimum absolute atomic E-state index is 0.0963. The van der Waals surface area contributed by atoms with E-state index in [1.165, 1.54) is 0 Å². The lowest BCUT2D eigenvalue weighted by Gasteiger charge is -2.24. The maximum atomic E-state index is 12.8. The molecule has 3 amide bonds. The molecule has 6 nitrogen and oxygen atoms in total. The van der Waals surface area contributed by atoms with Crippen molar-refractivity contribution in [2.75, 3.05) is 6.54 Å². The van der Waals surface area contributed by atoms with Crippen LogP contribution < -0.4 is 10.6 Å². The van der Waals surface area contributed by atoms with Crippen molar-refractivity contribution in [3.63, 3.8) is 0 Å². The van der Waals surface area contributed by atoms with Crippen molar-refractivity contribution in [3.05, 3.63) is 56.2 Å². The average molecular weight is 448 g/mol. The predicted molar refractivity (Wildman–Crippen MR) is 105 cm³/mol. The normalized spacial score (nSPS) is 18.3. The zero-order chi connectivity index (χ0) is 19.0. The smallest absolute Gasteiger partial charge is 0.255 e. The molecule has 8 heteroatoms. The number of nitrogens with one attached hydrogen (secondary N) is 2. The second kappa shape index (κ2) is 7.44. The van der Waals surface area contributed by atoms with Gasteiger partial charge < -0.3 is 15.5 Å². The van der Waals surface area contributed by atoms with Crippen LogP contribution in [0.25, 0.3) is 0 Å². The Morgan fingerprint density at radius 3 is 2.70 bits per heavy atom. The zero-order valence-electron chi connectivity index (χ0n) is 14.4. The monoisotopic (exact) mass is 447 g/mol. The van der Waals surface area contributed by atoms with Gasteiger partial charge in [-0.25, -0.2) is 0 Å². The van der Waals surface area contributed by atoms with Gasteiger partial charge in [0.1, 0.15) is 6.04 Å². The van der Waals surface area contributed by atoms with E-state index < -0.39 is 6.04 Å². The van der Waals surface area contributed by atoms with Crippen molar-refractivity contribution in [1.29, 1.82) is 0 Å². The number of thiophene rings is 1. The summed E-state index contributed by atoms with van der Waals surface area (Å²) in [5.74, 6) is -0.668. The lowest BCUT2D eigenvalue weighted by Crippen LogP contribution is -2.43. The van der Waals surface area contributed by atoms with Gasteiger partial charge >= 0.3 is 0 Å². The Bertz CT molecular complexity index is 909. The van der Waals surface area contributed by atoms with E-state index in [0.29, 0.717) is 12.1 Å². The van der Waals surface area contributed by atoms with Crippen molar-refractivity contribution >= 4 is 45.0 Å². The second-order valence-corrected chi connectivity index (χ2v) is 8.57. The Kier molecular flexibility index (Phi) is 5.01. The summed E-state index contributed by atoms with van der Waals surface area (Å²) in [6.45, 7) is 0.306. The van der Waals surface area contributed by atoms with E-state index in [0.717, 1.165) is 27.8 Å². The molecule has 0 radical (unpaired) electrons. The van der Waals surface area contributed by atoms with E-state index in [4.69, 9.17) is 0 Å². The van der Waals surface area contributed by atoms with Gasteiger partial charge in [0.05, 0.1) is 13.1 Å². The summed E-state index contributed by atoms with van der Waals surface area (Å²) in [4.78, 5) is 40.2.